The number of hydrogen-bond donors (Lipinski definition) is 2. The number of ketones is 1. The molecule has 0 saturated carbocycles. The number of primary amides is 1. The highest BCUT2D eigenvalue weighted by atomic mass is 16.5. The van der Waals surface area contributed by atoms with Gasteiger partial charge in [0.1, 0.15) is 11.4 Å². The van der Waals surface area contributed by atoms with E-state index in [1.165, 1.54) is 0 Å². The second kappa shape index (κ2) is 11.3. The molecule has 7 nitrogen and oxygen atoms in total. The average Bonchev–Trinajstić information content (AvgIpc) is 2.89. The fourth-order valence-corrected chi connectivity index (χ4v) is 4.01. The van der Waals surface area contributed by atoms with E-state index in [0.29, 0.717) is 36.1 Å². The van der Waals surface area contributed by atoms with E-state index in [-0.39, 0.29) is 29.2 Å². The number of benzene rings is 4. The van der Waals surface area contributed by atoms with Gasteiger partial charge in [-0.2, -0.15) is 5.11 Å². The number of phenols is 1. The molecule has 36 heavy (non-hydrogen) atoms. The van der Waals surface area contributed by atoms with E-state index in [1.807, 2.05) is 55.5 Å². The van der Waals surface area contributed by atoms with E-state index >= 15 is 0 Å². The minimum absolute atomic E-state index is 0.172. The molecule has 0 saturated heterocycles. The Kier molecular flexibility index (Phi) is 7.70. The number of carbonyl (C=O) groups excluding carboxylic acids is 2. The summed E-state index contributed by atoms with van der Waals surface area (Å²) in [6.07, 6.45) is 1.56. The van der Waals surface area contributed by atoms with Gasteiger partial charge in [-0.05, 0) is 67.1 Å². The molecular formula is C29H27N3O4. The van der Waals surface area contributed by atoms with Crippen LogP contribution in [0.4, 0.5) is 11.4 Å². The van der Waals surface area contributed by atoms with Crippen LogP contribution in [0.5, 0.6) is 11.5 Å². The summed E-state index contributed by atoms with van der Waals surface area (Å²) in [4.78, 5) is 24.4. The van der Waals surface area contributed by atoms with Crippen LogP contribution in [0.2, 0.25) is 0 Å². The summed E-state index contributed by atoms with van der Waals surface area (Å²) < 4.78 is 5.67. The quantitative estimate of drug-likeness (QED) is 0.195. The van der Waals surface area contributed by atoms with Crippen molar-refractivity contribution in [3.05, 3.63) is 95.6 Å². The van der Waals surface area contributed by atoms with Crippen molar-refractivity contribution in [2.24, 2.45) is 16.0 Å². The molecule has 0 bridgehead atoms. The van der Waals surface area contributed by atoms with E-state index < -0.39 is 5.91 Å². The van der Waals surface area contributed by atoms with Crippen molar-refractivity contribution in [2.75, 3.05) is 6.61 Å². The number of azo groups is 1. The van der Waals surface area contributed by atoms with Gasteiger partial charge in [0.05, 0.1) is 17.9 Å². The monoisotopic (exact) mass is 481 g/mol. The summed E-state index contributed by atoms with van der Waals surface area (Å²) >= 11 is 0. The molecule has 4 aromatic carbocycles. The Morgan fingerprint density at radius 3 is 2.42 bits per heavy atom. The number of phenolic OH excluding ortho intramolecular Hbond substituents is 1. The van der Waals surface area contributed by atoms with Crippen molar-refractivity contribution in [2.45, 2.75) is 26.2 Å². The van der Waals surface area contributed by atoms with Crippen molar-refractivity contribution in [1.29, 1.82) is 0 Å². The summed E-state index contributed by atoms with van der Waals surface area (Å²) in [6, 6.07) is 23.2. The topological polar surface area (TPSA) is 114 Å². The SMILES string of the molecule is CCOc1ccccc1CCCC(=O)c1cc2ccccc2c(N=Nc2ccc(C(N)=O)cc2)c1O. The molecule has 0 atom stereocenters. The Balaban J connectivity index is 1.58. The summed E-state index contributed by atoms with van der Waals surface area (Å²) in [5, 5.41) is 21.0. The summed E-state index contributed by atoms with van der Waals surface area (Å²) in [6.45, 7) is 2.52. The predicted molar refractivity (Wildman–Crippen MR) is 140 cm³/mol. The normalized spacial score (nSPS) is 11.1. The van der Waals surface area contributed by atoms with Crippen molar-refractivity contribution in [3.63, 3.8) is 0 Å². The minimum Gasteiger partial charge on any atom is -0.505 e. The molecule has 0 heterocycles. The first kappa shape index (κ1) is 24.6. The maximum atomic E-state index is 13.1. The van der Waals surface area contributed by atoms with Crippen LogP contribution in [-0.2, 0) is 6.42 Å². The number of amides is 1. The van der Waals surface area contributed by atoms with Gasteiger partial charge in [-0.3, -0.25) is 9.59 Å². The molecule has 0 unspecified atom stereocenters. The third-order valence-electron chi connectivity index (χ3n) is 5.84. The Bertz CT molecular complexity index is 1430. The summed E-state index contributed by atoms with van der Waals surface area (Å²) in [5.41, 5.74) is 7.60. The summed E-state index contributed by atoms with van der Waals surface area (Å²) in [5.74, 6) is -0.0809. The second-order valence-corrected chi connectivity index (χ2v) is 8.27. The molecule has 4 rings (SSSR count). The molecule has 4 aromatic rings. The third-order valence-corrected chi connectivity index (χ3v) is 5.84. The molecule has 0 fully saturated rings. The van der Waals surface area contributed by atoms with Crippen LogP contribution in [-0.4, -0.2) is 23.4 Å². The first-order valence-corrected chi connectivity index (χ1v) is 11.8. The van der Waals surface area contributed by atoms with Gasteiger partial charge < -0.3 is 15.6 Å². The molecule has 0 aliphatic heterocycles. The largest absolute Gasteiger partial charge is 0.505 e. The van der Waals surface area contributed by atoms with Gasteiger partial charge in [0.25, 0.3) is 0 Å². The Labute approximate surface area is 209 Å². The van der Waals surface area contributed by atoms with E-state index in [0.717, 1.165) is 16.7 Å². The van der Waals surface area contributed by atoms with Gasteiger partial charge in [-0.15, -0.1) is 5.11 Å². The van der Waals surface area contributed by atoms with Crippen molar-refractivity contribution in [1.82, 2.24) is 0 Å². The molecule has 1 amide bonds. The van der Waals surface area contributed by atoms with Gasteiger partial charge >= 0.3 is 0 Å². The molecule has 0 spiro atoms. The molecule has 3 N–H and O–H groups in total. The minimum atomic E-state index is -0.533. The lowest BCUT2D eigenvalue weighted by Crippen LogP contribution is -2.10. The number of fused-ring (bicyclic) bond motifs is 1. The first-order chi connectivity index (χ1) is 17.5. The predicted octanol–water partition coefficient (Wildman–Crippen LogP) is 6.66. The number of ether oxygens (including phenoxy) is 1. The van der Waals surface area contributed by atoms with Gasteiger partial charge in [-0.1, -0.05) is 42.5 Å². The zero-order chi connectivity index (χ0) is 25.5. The number of aromatic hydroxyl groups is 1. The fourth-order valence-electron chi connectivity index (χ4n) is 4.01. The molecular weight excluding hydrogens is 454 g/mol. The fraction of sp³-hybridized carbons (Fsp3) is 0.172. The molecule has 0 radical (unpaired) electrons. The number of aryl methyl sites for hydroxylation is 1. The standard InChI is InChI=1S/C29H27N3O4/c1-2-36-26-13-6-4-8-19(26)10-7-12-25(33)24-18-21-9-3-5-11-23(21)27(28(24)34)32-31-22-16-14-20(15-17-22)29(30)35/h3-6,8-9,11,13-18,34H,2,7,10,12H2,1H3,(H2,30,35). The highest BCUT2D eigenvalue weighted by molar-refractivity contribution is 6.07. The zero-order valence-electron chi connectivity index (χ0n) is 20.0. The molecule has 182 valence electrons. The smallest absolute Gasteiger partial charge is 0.248 e. The van der Waals surface area contributed by atoms with Crippen LogP contribution in [0, 0.1) is 0 Å². The summed E-state index contributed by atoms with van der Waals surface area (Å²) in [7, 11) is 0. The average molecular weight is 482 g/mol. The van der Waals surface area contributed by atoms with Gasteiger partial charge in [0.15, 0.2) is 11.5 Å². The number of carbonyl (C=O) groups is 2. The number of nitrogens with zero attached hydrogens (tertiary/aromatic N) is 2. The second-order valence-electron chi connectivity index (χ2n) is 8.27. The molecule has 0 aliphatic rings. The lowest BCUT2D eigenvalue weighted by atomic mass is 9.97. The number of rotatable bonds is 10. The van der Waals surface area contributed by atoms with Crippen LogP contribution in [0.25, 0.3) is 10.8 Å². The van der Waals surface area contributed by atoms with Crippen molar-refractivity contribution >= 4 is 33.8 Å². The lowest BCUT2D eigenvalue weighted by molar-refractivity contribution is 0.0975. The van der Waals surface area contributed by atoms with Crippen LogP contribution >= 0.6 is 0 Å². The number of Topliss-reactive ketones (excluding diaryl/α,β-unsaturated/α-hetero) is 1. The van der Waals surface area contributed by atoms with Gasteiger partial charge in [-0.25, -0.2) is 0 Å². The van der Waals surface area contributed by atoms with Crippen LogP contribution in [0.15, 0.2) is 89.1 Å². The number of nitrogens with two attached hydrogens (primary N) is 1. The van der Waals surface area contributed by atoms with E-state index in [4.69, 9.17) is 10.5 Å². The van der Waals surface area contributed by atoms with Crippen LogP contribution < -0.4 is 10.5 Å². The zero-order valence-corrected chi connectivity index (χ0v) is 20.0. The maximum absolute atomic E-state index is 13.1. The van der Waals surface area contributed by atoms with E-state index in [2.05, 4.69) is 10.2 Å². The van der Waals surface area contributed by atoms with E-state index in [1.54, 1.807) is 30.3 Å². The van der Waals surface area contributed by atoms with Crippen molar-refractivity contribution < 1.29 is 19.4 Å². The van der Waals surface area contributed by atoms with Gasteiger partial charge in [0.2, 0.25) is 5.91 Å². The number of para-hydroxylation sites is 1. The first-order valence-electron chi connectivity index (χ1n) is 11.8. The van der Waals surface area contributed by atoms with Gasteiger partial charge in [0, 0.05) is 17.4 Å². The van der Waals surface area contributed by atoms with Crippen LogP contribution in [0.3, 0.4) is 0 Å². The molecule has 0 aliphatic carbocycles. The van der Waals surface area contributed by atoms with Crippen LogP contribution in [0.1, 0.15) is 46.0 Å². The highest BCUT2D eigenvalue weighted by Gasteiger charge is 2.18. The third kappa shape index (κ3) is 5.58. The Morgan fingerprint density at radius 1 is 0.944 bits per heavy atom. The Hall–Kier alpha value is -4.52. The lowest BCUT2D eigenvalue weighted by Gasteiger charge is -2.11. The highest BCUT2D eigenvalue weighted by Crippen LogP contribution is 2.40. The Morgan fingerprint density at radius 2 is 1.67 bits per heavy atom. The number of hydrogen-bond acceptors (Lipinski definition) is 6. The van der Waals surface area contributed by atoms with E-state index in [9.17, 15) is 14.7 Å². The molecule has 0 aromatic heterocycles. The maximum Gasteiger partial charge on any atom is 0.248 e. The van der Waals surface area contributed by atoms with Crippen molar-refractivity contribution in [3.8, 4) is 11.5 Å². The molecule has 7 heteroatoms.